The molecule has 1 aromatic heterocycles. The van der Waals surface area contributed by atoms with Crippen molar-refractivity contribution in [2.24, 2.45) is 11.8 Å². The smallest absolute Gasteiger partial charge is 0.136 e. The molecule has 0 spiro atoms. The average Bonchev–Trinajstić information content (AvgIpc) is 2.76. The maximum absolute atomic E-state index is 11.9. The van der Waals surface area contributed by atoms with Gasteiger partial charge in [-0.15, -0.1) is 11.3 Å². The molecule has 0 amide bonds. The first kappa shape index (κ1) is 11.8. The van der Waals surface area contributed by atoms with Gasteiger partial charge < -0.3 is 0 Å². The Morgan fingerprint density at radius 2 is 2.38 bits per heavy atom. The molecule has 1 aromatic rings. The van der Waals surface area contributed by atoms with Crippen molar-refractivity contribution in [1.82, 2.24) is 0 Å². The predicted octanol–water partition coefficient (Wildman–Crippen LogP) is 4.08. The molecular formula is C14H20OS. The van der Waals surface area contributed by atoms with Crippen LogP contribution in [-0.2, 0) is 11.2 Å². The second kappa shape index (κ2) is 5.62. The summed E-state index contributed by atoms with van der Waals surface area (Å²) in [7, 11) is 0. The summed E-state index contributed by atoms with van der Waals surface area (Å²) in [6, 6.07) is 4.23. The van der Waals surface area contributed by atoms with E-state index in [1.165, 1.54) is 17.7 Å². The van der Waals surface area contributed by atoms with Gasteiger partial charge in [-0.2, -0.15) is 0 Å². The first-order valence-corrected chi connectivity index (χ1v) is 7.22. The number of hydrogen-bond donors (Lipinski definition) is 0. The van der Waals surface area contributed by atoms with Crippen LogP contribution >= 0.6 is 11.3 Å². The van der Waals surface area contributed by atoms with Crippen LogP contribution in [0.1, 0.15) is 43.9 Å². The topological polar surface area (TPSA) is 17.1 Å². The molecule has 2 rings (SSSR count). The molecule has 1 aliphatic rings. The lowest BCUT2D eigenvalue weighted by atomic mass is 9.77. The van der Waals surface area contributed by atoms with Crippen LogP contribution in [0.15, 0.2) is 17.5 Å². The second-order valence-corrected chi connectivity index (χ2v) is 5.91. The molecule has 0 saturated heterocycles. The van der Waals surface area contributed by atoms with Gasteiger partial charge in [-0.25, -0.2) is 0 Å². The van der Waals surface area contributed by atoms with E-state index in [1.54, 1.807) is 11.3 Å². The number of hydrogen-bond acceptors (Lipinski definition) is 2. The van der Waals surface area contributed by atoms with Gasteiger partial charge in [0.2, 0.25) is 0 Å². The van der Waals surface area contributed by atoms with Crippen molar-refractivity contribution < 1.29 is 4.79 Å². The Labute approximate surface area is 102 Å². The van der Waals surface area contributed by atoms with Crippen molar-refractivity contribution in [3.8, 4) is 0 Å². The highest BCUT2D eigenvalue weighted by atomic mass is 32.1. The van der Waals surface area contributed by atoms with Gasteiger partial charge in [0.25, 0.3) is 0 Å². The molecular weight excluding hydrogens is 216 g/mol. The third-order valence-corrected chi connectivity index (χ3v) is 4.50. The Morgan fingerprint density at radius 3 is 3.06 bits per heavy atom. The van der Waals surface area contributed by atoms with Gasteiger partial charge >= 0.3 is 0 Å². The summed E-state index contributed by atoms with van der Waals surface area (Å²) in [6.45, 7) is 2.24. The summed E-state index contributed by atoms with van der Waals surface area (Å²) in [4.78, 5) is 13.2. The number of carbonyl (C=O) groups is 1. The molecule has 1 nitrogen and oxygen atoms in total. The lowest BCUT2D eigenvalue weighted by Gasteiger charge is -2.27. The number of Topliss-reactive ketones (excluding diaryl/α,β-unsaturated/α-hetero) is 1. The number of thiophene rings is 1. The van der Waals surface area contributed by atoms with Crippen LogP contribution < -0.4 is 0 Å². The molecule has 88 valence electrons. The summed E-state index contributed by atoms with van der Waals surface area (Å²) in [5, 5.41) is 2.10. The first-order valence-electron chi connectivity index (χ1n) is 6.34. The van der Waals surface area contributed by atoms with Crippen LogP contribution in [-0.4, -0.2) is 5.78 Å². The lowest BCUT2D eigenvalue weighted by Crippen LogP contribution is -2.26. The van der Waals surface area contributed by atoms with Crippen LogP contribution in [0.2, 0.25) is 0 Å². The summed E-state index contributed by atoms with van der Waals surface area (Å²) in [5.74, 6) is 1.61. The lowest BCUT2D eigenvalue weighted by molar-refractivity contribution is -0.125. The predicted molar refractivity (Wildman–Crippen MR) is 68.8 cm³/mol. The SMILES string of the molecule is CCCC1CCC(=O)C(Cc2cccs2)C1. The van der Waals surface area contributed by atoms with E-state index in [0.29, 0.717) is 11.7 Å². The van der Waals surface area contributed by atoms with E-state index >= 15 is 0 Å². The molecule has 1 fully saturated rings. The van der Waals surface area contributed by atoms with Crippen LogP contribution in [0.4, 0.5) is 0 Å². The Balaban J connectivity index is 1.93. The summed E-state index contributed by atoms with van der Waals surface area (Å²) in [6.07, 6.45) is 6.62. The maximum Gasteiger partial charge on any atom is 0.136 e. The molecule has 0 aliphatic heterocycles. The van der Waals surface area contributed by atoms with Crippen LogP contribution in [0.3, 0.4) is 0 Å². The van der Waals surface area contributed by atoms with Gasteiger partial charge in [0.1, 0.15) is 5.78 Å². The minimum absolute atomic E-state index is 0.309. The van der Waals surface area contributed by atoms with Crippen LogP contribution in [0, 0.1) is 11.8 Å². The number of carbonyl (C=O) groups excluding carboxylic acids is 1. The van der Waals surface area contributed by atoms with Gasteiger partial charge in [0.05, 0.1) is 0 Å². The van der Waals surface area contributed by atoms with Gasteiger partial charge in [-0.05, 0) is 36.6 Å². The van der Waals surface area contributed by atoms with E-state index < -0.39 is 0 Å². The first-order chi connectivity index (χ1) is 7.79. The normalized spacial score (nSPS) is 25.9. The van der Waals surface area contributed by atoms with E-state index in [0.717, 1.165) is 31.6 Å². The fraction of sp³-hybridized carbons (Fsp3) is 0.643. The van der Waals surface area contributed by atoms with Gasteiger partial charge in [-0.1, -0.05) is 25.8 Å². The van der Waals surface area contributed by atoms with Crippen LogP contribution in [0.25, 0.3) is 0 Å². The molecule has 1 saturated carbocycles. The van der Waals surface area contributed by atoms with Gasteiger partial charge in [0.15, 0.2) is 0 Å². The van der Waals surface area contributed by atoms with Crippen molar-refractivity contribution >= 4 is 17.1 Å². The van der Waals surface area contributed by atoms with Crippen molar-refractivity contribution in [3.05, 3.63) is 22.4 Å². The van der Waals surface area contributed by atoms with E-state index in [9.17, 15) is 4.79 Å². The van der Waals surface area contributed by atoms with Gasteiger partial charge in [0, 0.05) is 17.2 Å². The minimum atomic E-state index is 0.309. The second-order valence-electron chi connectivity index (χ2n) is 4.88. The molecule has 0 aromatic carbocycles. The Kier molecular flexibility index (Phi) is 4.16. The van der Waals surface area contributed by atoms with E-state index in [4.69, 9.17) is 0 Å². The third-order valence-electron chi connectivity index (χ3n) is 3.60. The fourth-order valence-corrected chi connectivity index (χ4v) is 3.53. The molecule has 0 radical (unpaired) electrons. The minimum Gasteiger partial charge on any atom is -0.299 e. The molecule has 0 bridgehead atoms. The molecule has 2 atom stereocenters. The Hall–Kier alpha value is -0.630. The fourth-order valence-electron chi connectivity index (χ4n) is 2.74. The van der Waals surface area contributed by atoms with E-state index in [2.05, 4.69) is 24.4 Å². The van der Waals surface area contributed by atoms with Crippen molar-refractivity contribution in [1.29, 1.82) is 0 Å². The molecule has 16 heavy (non-hydrogen) atoms. The standard InChI is InChI=1S/C14H20OS/c1-2-4-11-6-7-14(15)12(9-11)10-13-5-3-8-16-13/h3,5,8,11-12H,2,4,6-7,9-10H2,1H3. The number of rotatable bonds is 4. The maximum atomic E-state index is 11.9. The average molecular weight is 236 g/mol. The van der Waals surface area contributed by atoms with Crippen molar-refractivity contribution in [3.63, 3.8) is 0 Å². The Morgan fingerprint density at radius 1 is 1.50 bits per heavy atom. The van der Waals surface area contributed by atoms with Crippen molar-refractivity contribution in [2.45, 2.75) is 45.4 Å². The molecule has 2 unspecified atom stereocenters. The summed E-state index contributed by atoms with van der Waals surface area (Å²) in [5.41, 5.74) is 0. The highest BCUT2D eigenvalue weighted by molar-refractivity contribution is 7.09. The molecule has 1 aliphatic carbocycles. The zero-order valence-electron chi connectivity index (χ0n) is 9.95. The summed E-state index contributed by atoms with van der Waals surface area (Å²) < 4.78 is 0. The Bertz CT molecular complexity index is 329. The molecule has 0 N–H and O–H groups in total. The van der Waals surface area contributed by atoms with Gasteiger partial charge in [-0.3, -0.25) is 4.79 Å². The summed E-state index contributed by atoms with van der Waals surface area (Å²) >= 11 is 1.78. The number of ketones is 1. The van der Waals surface area contributed by atoms with E-state index in [1.807, 2.05) is 0 Å². The molecule has 2 heteroatoms. The highest BCUT2D eigenvalue weighted by Gasteiger charge is 2.28. The zero-order chi connectivity index (χ0) is 11.4. The van der Waals surface area contributed by atoms with Crippen molar-refractivity contribution in [2.75, 3.05) is 0 Å². The monoisotopic (exact) mass is 236 g/mol. The third kappa shape index (κ3) is 2.94. The van der Waals surface area contributed by atoms with Crippen LogP contribution in [0.5, 0.6) is 0 Å². The van der Waals surface area contributed by atoms with E-state index in [-0.39, 0.29) is 0 Å². The highest BCUT2D eigenvalue weighted by Crippen LogP contribution is 2.32. The zero-order valence-corrected chi connectivity index (χ0v) is 10.8. The molecule has 1 heterocycles. The quantitative estimate of drug-likeness (QED) is 0.770. The largest absolute Gasteiger partial charge is 0.299 e.